The first-order chi connectivity index (χ1) is 13.0. The molecule has 1 heterocycles. The number of benzene rings is 2. The Morgan fingerprint density at radius 2 is 1.89 bits per heavy atom. The van der Waals surface area contributed by atoms with E-state index in [0.29, 0.717) is 11.0 Å². The van der Waals surface area contributed by atoms with E-state index >= 15 is 0 Å². The fourth-order valence-corrected chi connectivity index (χ4v) is 4.86. The van der Waals surface area contributed by atoms with Crippen molar-refractivity contribution in [1.82, 2.24) is 9.55 Å². The molecular formula is C20H18Br2N2OS2. The molecule has 140 valence electrons. The molecule has 0 aliphatic heterocycles. The number of thiocarbonyl (C=S) groups is 1. The van der Waals surface area contributed by atoms with E-state index in [4.69, 9.17) is 17.0 Å². The van der Waals surface area contributed by atoms with Gasteiger partial charge in [0, 0.05) is 16.9 Å². The Hall–Kier alpha value is -1.15. The molecule has 0 fully saturated rings. The van der Waals surface area contributed by atoms with Crippen LogP contribution in [0.15, 0.2) is 71.7 Å². The van der Waals surface area contributed by atoms with Gasteiger partial charge in [-0.1, -0.05) is 85.6 Å². The number of hydrogen-bond donors (Lipinski definition) is 0. The molecule has 0 N–H and O–H groups in total. The molecule has 27 heavy (non-hydrogen) atoms. The van der Waals surface area contributed by atoms with Crippen molar-refractivity contribution >= 4 is 60.2 Å². The lowest BCUT2D eigenvalue weighted by Crippen LogP contribution is -2.11. The van der Waals surface area contributed by atoms with Crippen LogP contribution in [0.3, 0.4) is 0 Å². The monoisotopic (exact) mass is 524 g/mol. The lowest BCUT2D eigenvalue weighted by atomic mass is 10.1. The molecule has 2 atom stereocenters. The summed E-state index contributed by atoms with van der Waals surface area (Å²) in [6, 6.07) is 16.5. The molecule has 0 saturated carbocycles. The van der Waals surface area contributed by atoms with Gasteiger partial charge in [-0.05, 0) is 42.4 Å². The normalized spacial score (nSPS) is 13.1. The predicted molar refractivity (Wildman–Crippen MR) is 123 cm³/mol. The highest BCUT2D eigenvalue weighted by Crippen LogP contribution is 2.43. The van der Waals surface area contributed by atoms with E-state index in [1.807, 2.05) is 22.9 Å². The van der Waals surface area contributed by atoms with Gasteiger partial charge in [0.1, 0.15) is 11.6 Å². The van der Waals surface area contributed by atoms with Crippen LogP contribution in [0, 0.1) is 6.92 Å². The number of ether oxygens (including phenoxy) is 1. The number of aromatic nitrogens is 2. The van der Waals surface area contributed by atoms with E-state index < -0.39 is 0 Å². The molecule has 3 nitrogen and oxygen atoms in total. The first-order valence-corrected chi connectivity index (χ1v) is 11.3. The van der Waals surface area contributed by atoms with E-state index in [1.54, 1.807) is 12.5 Å². The maximum absolute atomic E-state index is 5.85. The van der Waals surface area contributed by atoms with Gasteiger partial charge in [-0.2, -0.15) is 0 Å². The van der Waals surface area contributed by atoms with Crippen LogP contribution in [0.5, 0.6) is 0 Å². The third-order valence-corrected chi connectivity index (χ3v) is 7.34. The van der Waals surface area contributed by atoms with Crippen LogP contribution in [-0.2, 0) is 11.3 Å². The fraction of sp³-hybridized carbons (Fsp3) is 0.200. The lowest BCUT2D eigenvalue weighted by molar-refractivity contribution is 0.310. The Morgan fingerprint density at radius 3 is 2.52 bits per heavy atom. The van der Waals surface area contributed by atoms with Crippen molar-refractivity contribution in [3.05, 3.63) is 88.4 Å². The van der Waals surface area contributed by atoms with Gasteiger partial charge < -0.3 is 9.30 Å². The minimum absolute atomic E-state index is 0.00731. The molecular weight excluding hydrogens is 508 g/mol. The van der Waals surface area contributed by atoms with Crippen LogP contribution < -0.4 is 0 Å². The first-order valence-electron chi connectivity index (χ1n) is 8.29. The highest BCUT2D eigenvalue weighted by molar-refractivity contribution is 9.10. The average Bonchev–Trinajstić information content (AvgIpc) is 3.21. The second-order valence-electron chi connectivity index (χ2n) is 6.00. The standard InChI is InChI=1S/C20H18Br2N2OS2/c1-14-2-4-15(5-3-14)12-25-20(26)27-18(16-6-8-17(21)9-7-16)19(22)24-11-10-23-13-24/h2-11,13,18-19H,12H2,1H3. The Balaban J connectivity index is 1.71. The van der Waals surface area contributed by atoms with E-state index in [1.165, 1.54) is 17.3 Å². The topological polar surface area (TPSA) is 27.1 Å². The number of nitrogens with zero attached hydrogens (tertiary/aromatic N) is 2. The SMILES string of the molecule is Cc1ccc(COC(=S)SC(c2ccc(Br)cc2)C(Br)n2ccnc2)cc1. The van der Waals surface area contributed by atoms with Crippen LogP contribution in [-0.4, -0.2) is 13.9 Å². The van der Waals surface area contributed by atoms with Crippen molar-refractivity contribution in [1.29, 1.82) is 0 Å². The molecule has 3 rings (SSSR count). The summed E-state index contributed by atoms with van der Waals surface area (Å²) < 4.78 is 9.43. The second-order valence-corrected chi connectivity index (χ2v) is 9.59. The summed E-state index contributed by atoms with van der Waals surface area (Å²) in [5.41, 5.74) is 3.49. The Morgan fingerprint density at radius 1 is 1.19 bits per heavy atom. The summed E-state index contributed by atoms with van der Waals surface area (Å²) >= 11 is 14.3. The Bertz CT molecular complexity index is 868. The number of hydrogen-bond acceptors (Lipinski definition) is 4. The van der Waals surface area contributed by atoms with Gasteiger partial charge >= 0.3 is 0 Å². The van der Waals surface area contributed by atoms with Gasteiger partial charge in [-0.3, -0.25) is 0 Å². The zero-order valence-corrected chi connectivity index (χ0v) is 19.4. The first kappa shape index (κ1) is 20.6. The van der Waals surface area contributed by atoms with Crippen LogP contribution in [0.1, 0.15) is 26.9 Å². The van der Waals surface area contributed by atoms with Gasteiger partial charge in [0.05, 0.1) is 11.6 Å². The number of rotatable bonds is 6. The number of thioether (sulfide) groups is 1. The van der Waals surface area contributed by atoms with Gasteiger partial charge in [0.2, 0.25) is 4.38 Å². The lowest BCUT2D eigenvalue weighted by Gasteiger charge is -2.24. The minimum atomic E-state index is -0.00731. The van der Waals surface area contributed by atoms with Crippen LogP contribution in [0.4, 0.5) is 0 Å². The van der Waals surface area contributed by atoms with Crippen molar-refractivity contribution in [2.45, 2.75) is 23.7 Å². The van der Waals surface area contributed by atoms with Gasteiger partial charge in [0.15, 0.2) is 0 Å². The van der Waals surface area contributed by atoms with Crippen LogP contribution in [0.25, 0.3) is 0 Å². The molecule has 1 aromatic heterocycles. The molecule has 0 bridgehead atoms. The highest BCUT2D eigenvalue weighted by atomic mass is 79.9. The molecule has 3 aromatic rings. The predicted octanol–water partition coefficient (Wildman–Crippen LogP) is 6.82. The van der Waals surface area contributed by atoms with Gasteiger partial charge in [0.25, 0.3) is 0 Å². The molecule has 0 aliphatic rings. The molecule has 0 radical (unpaired) electrons. The summed E-state index contributed by atoms with van der Waals surface area (Å²) in [7, 11) is 0. The summed E-state index contributed by atoms with van der Waals surface area (Å²) in [5, 5.41) is 0.0396. The van der Waals surface area contributed by atoms with Crippen molar-refractivity contribution in [2.24, 2.45) is 0 Å². The van der Waals surface area contributed by atoms with Gasteiger partial charge in [-0.15, -0.1) is 0 Å². The third-order valence-electron chi connectivity index (χ3n) is 3.96. The highest BCUT2D eigenvalue weighted by Gasteiger charge is 2.25. The van der Waals surface area contributed by atoms with Crippen molar-refractivity contribution in [2.75, 3.05) is 0 Å². The zero-order chi connectivity index (χ0) is 19.2. The number of imidazole rings is 1. The Kier molecular flexibility index (Phi) is 7.52. The van der Waals surface area contributed by atoms with E-state index in [-0.39, 0.29) is 10.2 Å². The maximum Gasteiger partial charge on any atom is 0.221 e. The van der Waals surface area contributed by atoms with Crippen LogP contribution in [0.2, 0.25) is 0 Å². The molecule has 0 aliphatic carbocycles. The summed E-state index contributed by atoms with van der Waals surface area (Å²) in [6.45, 7) is 2.54. The van der Waals surface area contributed by atoms with E-state index in [0.717, 1.165) is 15.6 Å². The van der Waals surface area contributed by atoms with Crippen molar-refractivity contribution in [3.63, 3.8) is 0 Å². The third kappa shape index (κ3) is 5.91. The van der Waals surface area contributed by atoms with E-state index in [9.17, 15) is 0 Å². The number of halogens is 2. The average molecular weight is 526 g/mol. The number of alkyl halides is 1. The Labute approximate surface area is 185 Å². The van der Waals surface area contributed by atoms with E-state index in [2.05, 4.69) is 80.2 Å². The molecule has 7 heteroatoms. The van der Waals surface area contributed by atoms with Crippen molar-refractivity contribution < 1.29 is 4.74 Å². The molecule has 2 unspecified atom stereocenters. The summed E-state index contributed by atoms with van der Waals surface area (Å²) in [5.74, 6) is 0. The zero-order valence-electron chi connectivity index (χ0n) is 14.6. The molecule has 0 saturated heterocycles. The quantitative estimate of drug-likeness (QED) is 0.260. The largest absolute Gasteiger partial charge is 0.474 e. The molecule has 0 spiro atoms. The second kappa shape index (κ2) is 9.87. The molecule has 2 aromatic carbocycles. The maximum atomic E-state index is 5.85. The number of aryl methyl sites for hydroxylation is 1. The van der Waals surface area contributed by atoms with Crippen molar-refractivity contribution in [3.8, 4) is 0 Å². The fourth-order valence-electron chi connectivity index (χ4n) is 2.47. The summed E-state index contributed by atoms with van der Waals surface area (Å²) in [4.78, 5) is 4.14. The van der Waals surface area contributed by atoms with Crippen LogP contribution >= 0.6 is 55.8 Å². The molecule has 0 amide bonds. The summed E-state index contributed by atoms with van der Waals surface area (Å²) in [6.07, 6.45) is 5.49. The smallest absolute Gasteiger partial charge is 0.221 e. The minimum Gasteiger partial charge on any atom is -0.474 e. The van der Waals surface area contributed by atoms with Gasteiger partial charge in [-0.25, -0.2) is 4.98 Å².